The molecule has 10 heavy (non-hydrogen) atoms. The van der Waals surface area contributed by atoms with Crippen LogP contribution in [0.4, 0.5) is 4.79 Å². The van der Waals surface area contributed by atoms with E-state index in [0.29, 0.717) is 0 Å². The predicted octanol–water partition coefficient (Wildman–Crippen LogP) is -3.42. The minimum absolute atomic E-state index is 0. The van der Waals surface area contributed by atoms with Crippen LogP contribution in [0.3, 0.4) is 0 Å². The van der Waals surface area contributed by atoms with E-state index in [1.54, 1.807) is 0 Å². The molecule has 0 unspecified atom stereocenters. The Labute approximate surface area is 79.7 Å². The Balaban J connectivity index is 0. The zero-order valence-electron chi connectivity index (χ0n) is 5.40. The van der Waals surface area contributed by atoms with Crippen molar-refractivity contribution in [3.63, 3.8) is 0 Å². The van der Waals surface area contributed by atoms with Gasteiger partial charge in [-0.15, -0.1) is 0 Å². The Hall–Kier alpha value is 0.180. The van der Waals surface area contributed by atoms with Crippen molar-refractivity contribution in [3.05, 3.63) is 0 Å². The van der Waals surface area contributed by atoms with Crippen LogP contribution in [-0.2, 0) is 18.8 Å². The first kappa shape index (κ1) is 12.8. The van der Waals surface area contributed by atoms with Crippen molar-refractivity contribution >= 4 is 16.6 Å². The van der Waals surface area contributed by atoms with E-state index in [2.05, 4.69) is 8.37 Å². The molecule has 0 aliphatic rings. The van der Waals surface area contributed by atoms with Gasteiger partial charge in [0.25, 0.3) is 0 Å². The van der Waals surface area contributed by atoms with E-state index in [9.17, 15) is 13.2 Å². The Morgan fingerprint density at radius 1 is 1.50 bits per heavy atom. The van der Waals surface area contributed by atoms with Crippen LogP contribution in [0, 0.1) is 0 Å². The summed E-state index contributed by atoms with van der Waals surface area (Å²) in [6, 6.07) is 0. The molecule has 0 radical (unpaired) electrons. The molecule has 0 aromatic carbocycles. The second-order valence-corrected chi connectivity index (χ2v) is 2.24. The molecule has 54 valence electrons. The Morgan fingerprint density at radius 3 is 2.00 bits per heavy atom. The summed E-state index contributed by atoms with van der Waals surface area (Å²) < 4.78 is 26.8. The Morgan fingerprint density at radius 2 is 1.90 bits per heavy atom. The summed E-state index contributed by atoms with van der Waals surface area (Å²) >= 11 is 0. The molecule has 0 amide bonds. The van der Waals surface area contributed by atoms with Gasteiger partial charge in [0.2, 0.25) is 0 Å². The maximum absolute atomic E-state index is 9.98. The summed E-state index contributed by atoms with van der Waals surface area (Å²) in [6.07, 6.45) is -1.92. The van der Waals surface area contributed by atoms with Crippen LogP contribution in [0.2, 0.25) is 0 Å². The molecule has 0 aromatic heterocycles. The van der Waals surface area contributed by atoms with Crippen molar-refractivity contribution in [2.45, 2.75) is 0 Å². The van der Waals surface area contributed by atoms with Gasteiger partial charge in [0, 0.05) is 0 Å². The van der Waals surface area contributed by atoms with Crippen molar-refractivity contribution in [3.8, 4) is 0 Å². The Bertz CT molecular complexity index is 194. The zero-order chi connectivity index (χ0) is 7.49. The van der Waals surface area contributed by atoms with Crippen molar-refractivity contribution in [2.75, 3.05) is 7.11 Å². The van der Waals surface area contributed by atoms with E-state index >= 15 is 0 Å². The second kappa shape index (κ2) is 4.91. The van der Waals surface area contributed by atoms with E-state index in [1.165, 1.54) is 0 Å². The fourth-order valence-corrected chi connectivity index (χ4v) is 0.364. The normalized spacial score (nSPS) is 9.70. The second-order valence-electron chi connectivity index (χ2n) is 0.924. The molecule has 8 heteroatoms. The molecule has 1 N–H and O–H groups in total. The van der Waals surface area contributed by atoms with E-state index in [4.69, 9.17) is 5.11 Å². The smallest absolute Gasteiger partial charge is 0.449 e. The standard InChI is InChI=1S/C2H4O6S.Na/c1-7-9(5,6)8-2(3)4;/h1H3,(H,3,4);/q;+1. The first-order valence-corrected chi connectivity index (χ1v) is 3.04. The minimum Gasteiger partial charge on any atom is -0.449 e. The molecule has 0 aromatic rings. The predicted molar refractivity (Wildman–Crippen MR) is 25.0 cm³/mol. The topological polar surface area (TPSA) is 89.9 Å². The van der Waals surface area contributed by atoms with Gasteiger partial charge in [-0.1, -0.05) is 0 Å². The monoisotopic (exact) mass is 179 g/mol. The van der Waals surface area contributed by atoms with Crippen LogP contribution in [-0.4, -0.2) is 26.8 Å². The molecule has 0 heterocycles. The molecular formula is C2H4NaO6S+. The number of hydrogen-bond donors (Lipinski definition) is 1. The minimum atomic E-state index is -4.32. The molecule has 0 aliphatic carbocycles. The first-order valence-electron chi connectivity index (χ1n) is 1.71. The summed E-state index contributed by atoms with van der Waals surface area (Å²) in [5, 5.41) is 7.70. The van der Waals surface area contributed by atoms with Gasteiger partial charge in [-0.3, -0.25) is 4.18 Å². The van der Waals surface area contributed by atoms with Crippen LogP contribution >= 0.6 is 0 Å². The third-order valence-corrected chi connectivity index (χ3v) is 1.13. The van der Waals surface area contributed by atoms with Crippen LogP contribution < -0.4 is 29.6 Å². The Kier molecular flexibility index (Phi) is 6.30. The third-order valence-electron chi connectivity index (χ3n) is 0.377. The molecular weight excluding hydrogens is 175 g/mol. The van der Waals surface area contributed by atoms with Gasteiger partial charge in [-0.2, -0.15) is 8.42 Å². The number of rotatable bonds is 2. The van der Waals surface area contributed by atoms with Crippen LogP contribution in [0.25, 0.3) is 0 Å². The largest absolute Gasteiger partial charge is 1.00 e. The van der Waals surface area contributed by atoms with Crippen LogP contribution in [0.1, 0.15) is 0 Å². The summed E-state index contributed by atoms with van der Waals surface area (Å²) in [7, 11) is -3.53. The summed E-state index contributed by atoms with van der Waals surface area (Å²) in [4.78, 5) is 9.49. The quantitative estimate of drug-likeness (QED) is 0.444. The van der Waals surface area contributed by atoms with E-state index in [1.807, 2.05) is 0 Å². The molecule has 0 bridgehead atoms. The molecule has 0 rings (SSSR count). The average Bonchev–Trinajstić information content (AvgIpc) is 1.63. The van der Waals surface area contributed by atoms with E-state index in [-0.39, 0.29) is 29.6 Å². The number of carboxylic acid groups (broad SMARTS) is 1. The van der Waals surface area contributed by atoms with E-state index < -0.39 is 16.6 Å². The van der Waals surface area contributed by atoms with Crippen LogP contribution in [0.15, 0.2) is 0 Å². The number of hydrogen-bond acceptors (Lipinski definition) is 5. The van der Waals surface area contributed by atoms with Gasteiger partial charge < -0.3 is 5.11 Å². The van der Waals surface area contributed by atoms with Crippen molar-refractivity contribution in [1.29, 1.82) is 0 Å². The van der Waals surface area contributed by atoms with Crippen molar-refractivity contribution in [2.24, 2.45) is 0 Å². The average molecular weight is 179 g/mol. The van der Waals surface area contributed by atoms with Gasteiger partial charge in [0.15, 0.2) is 0 Å². The molecule has 0 atom stereocenters. The molecule has 0 aliphatic heterocycles. The fourth-order valence-electron chi connectivity index (χ4n) is 0.121. The molecule has 0 saturated carbocycles. The van der Waals surface area contributed by atoms with Crippen molar-refractivity contribution < 1.29 is 56.2 Å². The summed E-state index contributed by atoms with van der Waals surface area (Å²) in [5.41, 5.74) is 0. The number of carbonyl (C=O) groups is 1. The third kappa shape index (κ3) is 6.30. The molecule has 0 spiro atoms. The SMILES string of the molecule is COS(=O)(=O)OC(=O)O.[Na+]. The van der Waals surface area contributed by atoms with Gasteiger partial charge in [0.1, 0.15) is 0 Å². The first-order chi connectivity index (χ1) is 3.98. The maximum Gasteiger partial charge on any atom is 1.00 e. The van der Waals surface area contributed by atoms with Gasteiger partial charge in [0.05, 0.1) is 7.11 Å². The zero-order valence-corrected chi connectivity index (χ0v) is 8.21. The van der Waals surface area contributed by atoms with Gasteiger partial charge >= 0.3 is 46.1 Å². The molecule has 6 nitrogen and oxygen atoms in total. The maximum atomic E-state index is 9.98. The van der Waals surface area contributed by atoms with Crippen LogP contribution in [0.5, 0.6) is 0 Å². The van der Waals surface area contributed by atoms with Gasteiger partial charge in [-0.05, 0) is 0 Å². The van der Waals surface area contributed by atoms with E-state index in [0.717, 1.165) is 7.11 Å². The van der Waals surface area contributed by atoms with Gasteiger partial charge in [-0.25, -0.2) is 8.98 Å². The van der Waals surface area contributed by atoms with Crippen molar-refractivity contribution in [1.82, 2.24) is 0 Å². The molecule has 0 fully saturated rings. The summed E-state index contributed by atoms with van der Waals surface area (Å²) in [6.45, 7) is 0. The molecule has 0 saturated heterocycles. The fraction of sp³-hybridized carbons (Fsp3) is 0.500. The summed E-state index contributed by atoms with van der Waals surface area (Å²) in [5.74, 6) is 0.